The fraction of sp³-hybridized carbons (Fsp3) is 0.476. The van der Waals surface area contributed by atoms with Crippen molar-refractivity contribution in [2.75, 3.05) is 5.32 Å². The molecule has 29 heavy (non-hydrogen) atoms. The Balaban J connectivity index is 1.38. The molecule has 4 aliphatic rings. The summed E-state index contributed by atoms with van der Waals surface area (Å²) in [6, 6.07) is 3.76. The third kappa shape index (κ3) is 2.87. The lowest BCUT2D eigenvalue weighted by atomic mass is 9.51. The molecule has 3 aromatic rings. The monoisotopic (exact) mass is 457 g/mol. The van der Waals surface area contributed by atoms with Crippen LogP contribution in [-0.2, 0) is 0 Å². The van der Waals surface area contributed by atoms with Gasteiger partial charge in [-0.2, -0.15) is 0 Å². The van der Waals surface area contributed by atoms with Gasteiger partial charge in [-0.25, -0.2) is 19.3 Å². The highest BCUT2D eigenvalue weighted by Crippen LogP contribution is 2.58. The van der Waals surface area contributed by atoms with Crippen molar-refractivity contribution >= 4 is 27.5 Å². The molecule has 150 valence electrons. The van der Waals surface area contributed by atoms with Crippen molar-refractivity contribution in [3.05, 3.63) is 41.0 Å². The van der Waals surface area contributed by atoms with Gasteiger partial charge < -0.3 is 10.4 Å². The number of hydrogen-bond donors (Lipinski definition) is 2. The molecule has 4 bridgehead atoms. The Hall–Kier alpha value is -2.06. The molecule has 2 unspecified atom stereocenters. The Morgan fingerprint density at radius 2 is 1.93 bits per heavy atom. The Kier molecular flexibility index (Phi) is 3.66. The zero-order valence-electron chi connectivity index (χ0n) is 15.8. The second kappa shape index (κ2) is 5.98. The van der Waals surface area contributed by atoms with E-state index in [0.717, 1.165) is 35.8 Å². The fourth-order valence-corrected chi connectivity index (χ4v) is 6.67. The van der Waals surface area contributed by atoms with Gasteiger partial charge in [0.25, 0.3) is 0 Å². The second-order valence-electron chi connectivity index (χ2n) is 9.20. The molecule has 0 aromatic carbocycles. The number of aromatic nitrogens is 4. The zero-order chi connectivity index (χ0) is 19.8. The maximum atomic E-state index is 14.7. The molecule has 0 radical (unpaired) electrons. The third-order valence-electron chi connectivity index (χ3n) is 6.86. The largest absolute Gasteiger partial charge is 0.390 e. The van der Waals surface area contributed by atoms with Gasteiger partial charge in [-0.1, -0.05) is 0 Å². The summed E-state index contributed by atoms with van der Waals surface area (Å²) in [4.78, 5) is 13.1. The summed E-state index contributed by atoms with van der Waals surface area (Å²) in [5, 5.41) is 14.5. The topological polar surface area (TPSA) is 75.3 Å². The van der Waals surface area contributed by atoms with Crippen LogP contribution in [0.1, 0.15) is 38.5 Å². The lowest BCUT2D eigenvalue weighted by Gasteiger charge is -2.60. The van der Waals surface area contributed by atoms with Crippen LogP contribution in [0.5, 0.6) is 0 Å². The van der Waals surface area contributed by atoms with Gasteiger partial charge in [0, 0.05) is 16.2 Å². The van der Waals surface area contributed by atoms with Gasteiger partial charge in [0.2, 0.25) is 5.95 Å². The van der Waals surface area contributed by atoms with Crippen LogP contribution in [0.2, 0.25) is 0 Å². The summed E-state index contributed by atoms with van der Waals surface area (Å²) in [6.07, 6.45) is 10.5. The van der Waals surface area contributed by atoms with E-state index in [-0.39, 0.29) is 11.2 Å². The van der Waals surface area contributed by atoms with Gasteiger partial charge in [0.15, 0.2) is 5.82 Å². The lowest BCUT2D eigenvalue weighted by Crippen LogP contribution is -2.62. The van der Waals surface area contributed by atoms with Gasteiger partial charge in [0.1, 0.15) is 11.3 Å². The maximum absolute atomic E-state index is 14.7. The quantitative estimate of drug-likeness (QED) is 0.616. The molecule has 0 spiro atoms. The van der Waals surface area contributed by atoms with Gasteiger partial charge in [-0.3, -0.25) is 4.40 Å². The molecule has 0 saturated heterocycles. The molecule has 0 amide bonds. The van der Waals surface area contributed by atoms with Crippen LogP contribution >= 0.6 is 15.9 Å². The molecule has 4 saturated carbocycles. The summed E-state index contributed by atoms with van der Waals surface area (Å²) in [5.41, 5.74) is 0.744. The van der Waals surface area contributed by atoms with Crippen molar-refractivity contribution in [2.45, 2.75) is 49.7 Å². The van der Waals surface area contributed by atoms with E-state index < -0.39 is 11.4 Å². The first-order chi connectivity index (χ1) is 13.9. The fourth-order valence-electron chi connectivity index (χ4n) is 6.33. The molecule has 3 aromatic heterocycles. The van der Waals surface area contributed by atoms with E-state index in [4.69, 9.17) is 0 Å². The number of fused-ring (bicyclic) bond motifs is 1. The average molecular weight is 458 g/mol. The molecule has 4 atom stereocenters. The van der Waals surface area contributed by atoms with Crippen LogP contribution < -0.4 is 5.32 Å². The summed E-state index contributed by atoms with van der Waals surface area (Å²) in [7, 11) is 0. The molecule has 6 nitrogen and oxygen atoms in total. The zero-order valence-corrected chi connectivity index (χ0v) is 17.4. The van der Waals surface area contributed by atoms with Crippen LogP contribution in [-0.4, -0.2) is 35.6 Å². The smallest absolute Gasteiger partial charge is 0.223 e. The minimum Gasteiger partial charge on any atom is -0.390 e. The van der Waals surface area contributed by atoms with Crippen LogP contribution in [0.4, 0.5) is 10.3 Å². The first-order valence-electron chi connectivity index (χ1n) is 10.1. The molecule has 4 fully saturated rings. The second-order valence-corrected chi connectivity index (χ2v) is 10.1. The minimum atomic E-state index is -0.576. The molecule has 2 N–H and O–H groups in total. The highest BCUT2D eigenvalue weighted by atomic mass is 79.9. The Morgan fingerprint density at radius 1 is 1.14 bits per heavy atom. The highest BCUT2D eigenvalue weighted by Gasteiger charge is 2.57. The van der Waals surface area contributed by atoms with Crippen molar-refractivity contribution in [1.29, 1.82) is 0 Å². The van der Waals surface area contributed by atoms with Crippen molar-refractivity contribution < 1.29 is 9.50 Å². The third-order valence-corrected chi connectivity index (χ3v) is 7.33. The van der Waals surface area contributed by atoms with E-state index in [0.29, 0.717) is 29.9 Å². The van der Waals surface area contributed by atoms with Crippen LogP contribution in [0.3, 0.4) is 0 Å². The minimum absolute atomic E-state index is 0.198. The van der Waals surface area contributed by atoms with Crippen LogP contribution in [0, 0.1) is 17.7 Å². The van der Waals surface area contributed by atoms with Crippen molar-refractivity contribution in [3.8, 4) is 11.4 Å². The highest BCUT2D eigenvalue weighted by molar-refractivity contribution is 9.10. The number of aliphatic hydroxyl groups is 1. The summed E-state index contributed by atoms with van der Waals surface area (Å²) < 4.78 is 17.4. The van der Waals surface area contributed by atoms with Crippen molar-refractivity contribution in [1.82, 2.24) is 19.4 Å². The number of anilines is 1. The maximum Gasteiger partial charge on any atom is 0.223 e. The Bertz CT molecular complexity index is 1120. The van der Waals surface area contributed by atoms with Crippen LogP contribution in [0.25, 0.3) is 17.0 Å². The first-order valence-corrected chi connectivity index (χ1v) is 10.9. The number of halogens is 2. The molecule has 4 aliphatic carbocycles. The lowest BCUT2D eigenvalue weighted by molar-refractivity contribution is -0.127. The van der Waals surface area contributed by atoms with Gasteiger partial charge >= 0.3 is 0 Å². The molecule has 0 aliphatic heterocycles. The van der Waals surface area contributed by atoms with Gasteiger partial charge in [-0.15, -0.1) is 0 Å². The number of pyridine rings is 1. The number of nitrogens with zero attached hydrogens (tertiary/aromatic N) is 4. The van der Waals surface area contributed by atoms with Crippen LogP contribution in [0.15, 0.2) is 35.2 Å². The molecular weight excluding hydrogens is 437 g/mol. The van der Waals surface area contributed by atoms with E-state index in [1.165, 1.54) is 12.6 Å². The van der Waals surface area contributed by atoms with Gasteiger partial charge in [-0.05, 0) is 78.4 Å². The predicted octanol–water partition coefficient (Wildman–Crippen LogP) is 4.19. The summed E-state index contributed by atoms with van der Waals surface area (Å²) in [6.45, 7) is 0. The molecule has 7 rings (SSSR count). The Morgan fingerprint density at radius 3 is 2.69 bits per heavy atom. The molecular formula is C21H21BrFN5O. The van der Waals surface area contributed by atoms with Crippen molar-refractivity contribution in [2.24, 2.45) is 11.8 Å². The number of imidazole rings is 1. The van der Waals surface area contributed by atoms with E-state index in [9.17, 15) is 9.50 Å². The average Bonchev–Trinajstić information content (AvgIpc) is 3.04. The SMILES string of the molecule is OC12C[C@H]3C[C@@H](C1)CC(Nc1ncc(F)c(-c4cnc5ccc(Br)cn45)n1)(C3)C2. The van der Waals surface area contributed by atoms with Crippen molar-refractivity contribution in [3.63, 3.8) is 0 Å². The Labute approximate surface area is 175 Å². The summed E-state index contributed by atoms with van der Waals surface area (Å²) >= 11 is 3.45. The van der Waals surface area contributed by atoms with E-state index in [1.807, 2.05) is 22.7 Å². The molecule has 3 heterocycles. The van der Waals surface area contributed by atoms with E-state index in [2.05, 4.69) is 36.2 Å². The first kappa shape index (κ1) is 17.8. The number of hydrogen-bond acceptors (Lipinski definition) is 5. The van der Waals surface area contributed by atoms with Gasteiger partial charge in [0.05, 0.1) is 23.7 Å². The number of rotatable bonds is 3. The van der Waals surface area contributed by atoms with E-state index >= 15 is 0 Å². The normalized spacial score (nSPS) is 32.8. The standard InChI is InChI=1S/C21H21BrFN5O/c22-14-1-2-17-24-9-16(28(17)10-14)18-15(23)8-25-19(26-18)27-20-4-12-3-13(5-20)7-21(29,6-12)11-20/h1-2,8-10,12-13,29H,3-7,11H2,(H,25,26,27)/t12-,13+,20?,21?. The summed E-state index contributed by atoms with van der Waals surface area (Å²) in [5.74, 6) is 1.02. The molecule has 8 heteroatoms. The predicted molar refractivity (Wildman–Crippen MR) is 110 cm³/mol. The number of nitrogens with one attached hydrogen (secondary N) is 1. The van der Waals surface area contributed by atoms with E-state index in [1.54, 1.807) is 6.20 Å².